The van der Waals surface area contributed by atoms with Crippen LogP contribution in [0.2, 0.25) is 0 Å². The quantitative estimate of drug-likeness (QED) is 0.578. The van der Waals surface area contributed by atoms with Gasteiger partial charge in [-0.3, -0.25) is 9.36 Å². The second-order valence-corrected chi connectivity index (χ2v) is 7.20. The molecule has 0 saturated carbocycles. The number of carbonyl (C=O) groups is 1. The van der Waals surface area contributed by atoms with Crippen LogP contribution in [-0.2, 0) is 0 Å². The molecule has 23 heavy (non-hydrogen) atoms. The molecule has 1 aromatic heterocycles. The monoisotopic (exact) mass is 319 g/mol. The van der Waals surface area contributed by atoms with E-state index in [0.717, 1.165) is 11.3 Å². The minimum atomic E-state index is 0.0490. The summed E-state index contributed by atoms with van der Waals surface area (Å²) in [7, 11) is 0. The molecule has 0 spiro atoms. The van der Waals surface area contributed by atoms with Gasteiger partial charge in [-0.05, 0) is 29.7 Å². The fourth-order valence-corrected chi connectivity index (χ4v) is 4.42. The zero-order valence-electron chi connectivity index (χ0n) is 13.1. The highest BCUT2D eigenvalue weighted by molar-refractivity contribution is 7.99. The lowest BCUT2D eigenvalue weighted by Crippen LogP contribution is -2.05. The summed E-state index contributed by atoms with van der Waals surface area (Å²) in [5.41, 5.74) is 5.76. The first-order valence-corrected chi connectivity index (χ1v) is 8.62. The smallest absolute Gasteiger partial charge is 0.227 e. The second-order valence-electron chi connectivity index (χ2n) is 5.82. The van der Waals surface area contributed by atoms with Crippen LogP contribution in [0, 0.1) is 0 Å². The van der Waals surface area contributed by atoms with Crippen molar-refractivity contribution in [2.75, 3.05) is 0 Å². The molecule has 0 fully saturated rings. The van der Waals surface area contributed by atoms with Gasteiger partial charge in [0.1, 0.15) is 0 Å². The minimum absolute atomic E-state index is 0.0490. The lowest BCUT2D eigenvalue weighted by atomic mass is 9.96. The number of aromatic nitrogens is 1. The normalized spacial score (nSPS) is 15.8. The number of rotatable bonds is 1. The summed E-state index contributed by atoms with van der Waals surface area (Å²) in [6.07, 6.45) is 2.02. The zero-order valence-corrected chi connectivity index (χ0v) is 13.9. The Bertz CT molecular complexity index is 895. The molecular formula is C20H17NOS. The average molecular weight is 319 g/mol. The van der Waals surface area contributed by atoms with Crippen molar-refractivity contribution >= 4 is 17.7 Å². The van der Waals surface area contributed by atoms with Gasteiger partial charge in [-0.2, -0.15) is 0 Å². The van der Waals surface area contributed by atoms with E-state index in [9.17, 15) is 4.79 Å². The molecule has 0 N–H and O–H groups in total. The molecule has 3 heteroatoms. The lowest BCUT2D eigenvalue weighted by Gasteiger charge is -2.22. The number of thioether (sulfide) groups is 1. The van der Waals surface area contributed by atoms with Crippen LogP contribution in [0.15, 0.2) is 65.7 Å². The molecule has 1 aliphatic heterocycles. The van der Waals surface area contributed by atoms with Gasteiger partial charge in [-0.25, -0.2) is 0 Å². The largest absolute Gasteiger partial charge is 0.287 e. The second kappa shape index (κ2) is 5.43. The Balaban J connectivity index is 2.09. The molecule has 0 amide bonds. The summed E-state index contributed by atoms with van der Waals surface area (Å²) in [4.78, 5) is 13.5. The van der Waals surface area contributed by atoms with Gasteiger partial charge in [0.05, 0.1) is 5.69 Å². The van der Waals surface area contributed by atoms with E-state index in [1.54, 1.807) is 11.5 Å². The molecule has 2 heterocycles. The standard InChI is InChI=1S/C20H17NOS/c1-13-17-12-21(14(2)22)20(15-8-4-3-5-9-15)19(17)16-10-6-7-11-18(16)23-13/h3-13H,1-2H3. The molecule has 4 rings (SSSR count). The maximum atomic E-state index is 12.2. The van der Waals surface area contributed by atoms with Crippen molar-refractivity contribution in [3.05, 3.63) is 66.4 Å². The SMILES string of the molecule is CC(=O)n1cc2c(c1-c1ccccc1)-c1ccccc1SC2C. The number of carbonyl (C=O) groups excluding carboxylic acids is 1. The maximum Gasteiger partial charge on any atom is 0.227 e. The predicted molar refractivity (Wildman–Crippen MR) is 95.9 cm³/mol. The summed E-state index contributed by atoms with van der Waals surface area (Å²) in [6, 6.07) is 18.7. The highest BCUT2D eigenvalue weighted by atomic mass is 32.2. The number of hydrogen-bond donors (Lipinski definition) is 0. The predicted octanol–water partition coefficient (Wildman–Crippen LogP) is 5.65. The Kier molecular flexibility index (Phi) is 3.38. The fourth-order valence-electron chi connectivity index (χ4n) is 3.27. The minimum Gasteiger partial charge on any atom is -0.287 e. The van der Waals surface area contributed by atoms with E-state index < -0.39 is 0 Å². The first kappa shape index (κ1) is 14.3. The number of hydrogen-bond acceptors (Lipinski definition) is 2. The molecule has 2 nitrogen and oxygen atoms in total. The highest BCUT2D eigenvalue weighted by Crippen LogP contribution is 2.52. The molecule has 3 aromatic rings. The van der Waals surface area contributed by atoms with Crippen molar-refractivity contribution in [1.82, 2.24) is 4.57 Å². The van der Waals surface area contributed by atoms with Gasteiger partial charge >= 0.3 is 0 Å². The third kappa shape index (κ3) is 2.23. The molecule has 1 atom stereocenters. The highest BCUT2D eigenvalue weighted by Gasteiger charge is 2.29. The van der Waals surface area contributed by atoms with Crippen molar-refractivity contribution in [3.63, 3.8) is 0 Å². The van der Waals surface area contributed by atoms with Crippen LogP contribution in [0.3, 0.4) is 0 Å². The van der Waals surface area contributed by atoms with Gasteiger partial charge in [0.2, 0.25) is 5.91 Å². The van der Waals surface area contributed by atoms with Gasteiger partial charge in [0.15, 0.2) is 0 Å². The Labute approximate surface area is 140 Å². The van der Waals surface area contributed by atoms with Crippen LogP contribution < -0.4 is 0 Å². The third-order valence-electron chi connectivity index (χ3n) is 4.32. The first-order valence-electron chi connectivity index (χ1n) is 7.74. The van der Waals surface area contributed by atoms with E-state index in [4.69, 9.17) is 0 Å². The van der Waals surface area contributed by atoms with Crippen LogP contribution in [-0.4, -0.2) is 10.5 Å². The van der Waals surface area contributed by atoms with Crippen molar-refractivity contribution in [2.45, 2.75) is 24.0 Å². The van der Waals surface area contributed by atoms with Crippen molar-refractivity contribution in [3.8, 4) is 22.4 Å². The molecule has 1 aliphatic rings. The fraction of sp³-hybridized carbons (Fsp3) is 0.150. The van der Waals surface area contributed by atoms with Crippen molar-refractivity contribution in [1.29, 1.82) is 0 Å². The molecule has 1 unspecified atom stereocenters. The van der Waals surface area contributed by atoms with Crippen LogP contribution in [0.25, 0.3) is 22.4 Å². The van der Waals surface area contributed by atoms with Crippen LogP contribution in [0.5, 0.6) is 0 Å². The van der Waals surface area contributed by atoms with Gasteiger partial charge in [0.25, 0.3) is 0 Å². The number of benzene rings is 2. The number of nitrogens with zero attached hydrogens (tertiary/aromatic N) is 1. The van der Waals surface area contributed by atoms with Crippen LogP contribution in [0.4, 0.5) is 0 Å². The van der Waals surface area contributed by atoms with E-state index >= 15 is 0 Å². The van der Waals surface area contributed by atoms with Gasteiger partial charge in [0, 0.05) is 28.8 Å². The maximum absolute atomic E-state index is 12.2. The topological polar surface area (TPSA) is 22.0 Å². The molecule has 2 aromatic carbocycles. The lowest BCUT2D eigenvalue weighted by molar-refractivity contribution is 0.0938. The summed E-state index contributed by atoms with van der Waals surface area (Å²) < 4.78 is 1.80. The van der Waals surface area contributed by atoms with E-state index in [2.05, 4.69) is 43.3 Å². The summed E-state index contributed by atoms with van der Waals surface area (Å²) in [6.45, 7) is 3.83. The third-order valence-corrected chi connectivity index (χ3v) is 5.54. The molecule has 0 saturated heterocycles. The van der Waals surface area contributed by atoms with Crippen molar-refractivity contribution in [2.24, 2.45) is 0 Å². The molecular weight excluding hydrogens is 302 g/mol. The molecule has 0 radical (unpaired) electrons. The Morgan fingerprint density at radius 1 is 1.04 bits per heavy atom. The van der Waals surface area contributed by atoms with Gasteiger partial charge in [-0.1, -0.05) is 48.5 Å². The van der Waals surface area contributed by atoms with Gasteiger partial charge in [-0.15, -0.1) is 11.8 Å². The Morgan fingerprint density at radius 3 is 2.48 bits per heavy atom. The van der Waals surface area contributed by atoms with E-state index in [0.29, 0.717) is 5.25 Å². The van der Waals surface area contributed by atoms with Crippen LogP contribution in [0.1, 0.15) is 29.5 Å². The van der Waals surface area contributed by atoms with Crippen molar-refractivity contribution < 1.29 is 4.79 Å². The molecule has 0 aliphatic carbocycles. The van der Waals surface area contributed by atoms with E-state index in [1.165, 1.54) is 21.6 Å². The van der Waals surface area contributed by atoms with Crippen LogP contribution >= 0.6 is 11.8 Å². The molecule has 0 bridgehead atoms. The van der Waals surface area contributed by atoms with E-state index in [1.807, 2.05) is 36.2 Å². The summed E-state index contributed by atoms with van der Waals surface area (Å²) in [5.74, 6) is 0.0490. The molecule has 114 valence electrons. The Hall–Kier alpha value is -2.26. The summed E-state index contributed by atoms with van der Waals surface area (Å²) >= 11 is 1.86. The number of fused-ring (bicyclic) bond motifs is 3. The Morgan fingerprint density at radius 2 is 1.74 bits per heavy atom. The first-order chi connectivity index (χ1) is 11.2. The zero-order chi connectivity index (χ0) is 16.0. The summed E-state index contributed by atoms with van der Waals surface area (Å²) in [5, 5.41) is 0.336. The van der Waals surface area contributed by atoms with Gasteiger partial charge < -0.3 is 0 Å². The van der Waals surface area contributed by atoms with E-state index in [-0.39, 0.29) is 5.91 Å². The average Bonchev–Trinajstić information content (AvgIpc) is 2.97.